The molecule has 0 spiro atoms. The quantitative estimate of drug-likeness (QED) is 0.553. The third kappa shape index (κ3) is 13.6. The smallest absolute Gasteiger partial charge is 0.408 e. The van der Waals surface area contributed by atoms with Crippen LogP contribution in [0.5, 0.6) is 0 Å². The minimum Gasteiger partial charge on any atom is -0.444 e. The Morgan fingerprint density at radius 3 is 1.96 bits per heavy atom. The molecule has 0 fully saturated rings. The van der Waals surface area contributed by atoms with E-state index in [1.165, 1.54) is 0 Å². The molecule has 0 aliphatic rings. The average molecular weight is 330 g/mol. The molecular formula is C16H30N2O5. The summed E-state index contributed by atoms with van der Waals surface area (Å²) in [5.41, 5.74) is -1.13. The van der Waals surface area contributed by atoms with Crippen molar-refractivity contribution in [3.8, 4) is 0 Å². The van der Waals surface area contributed by atoms with Crippen LogP contribution >= 0.6 is 0 Å². The van der Waals surface area contributed by atoms with Crippen LogP contribution in [0.15, 0.2) is 0 Å². The predicted molar refractivity (Wildman–Crippen MR) is 87.3 cm³/mol. The Morgan fingerprint density at radius 1 is 0.957 bits per heavy atom. The highest BCUT2D eigenvalue weighted by Gasteiger charge is 2.19. The lowest BCUT2D eigenvalue weighted by molar-refractivity contribution is -0.109. The fourth-order valence-electron chi connectivity index (χ4n) is 1.63. The number of aldehydes is 1. The minimum atomic E-state index is -0.610. The third-order valence-corrected chi connectivity index (χ3v) is 2.48. The zero-order chi connectivity index (χ0) is 18.1. The molecule has 0 bridgehead atoms. The van der Waals surface area contributed by atoms with Crippen LogP contribution in [0.1, 0.15) is 60.8 Å². The second-order valence-corrected chi connectivity index (χ2v) is 7.31. The largest absolute Gasteiger partial charge is 0.444 e. The fraction of sp³-hybridized carbons (Fsp3) is 0.812. The lowest BCUT2D eigenvalue weighted by Crippen LogP contribution is -2.40. The Bertz CT molecular complexity index is 396. The zero-order valence-corrected chi connectivity index (χ0v) is 15.0. The molecule has 0 aromatic carbocycles. The number of rotatable bonds is 7. The molecular weight excluding hydrogens is 300 g/mol. The highest BCUT2D eigenvalue weighted by Crippen LogP contribution is 2.08. The van der Waals surface area contributed by atoms with E-state index in [0.717, 1.165) is 0 Å². The summed E-state index contributed by atoms with van der Waals surface area (Å²) in [6.07, 6.45) is 1.45. The van der Waals surface area contributed by atoms with E-state index >= 15 is 0 Å². The van der Waals surface area contributed by atoms with Gasteiger partial charge in [0.15, 0.2) is 0 Å². The summed E-state index contributed by atoms with van der Waals surface area (Å²) >= 11 is 0. The molecule has 0 rings (SSSR count). The number of carbonyl (C=O) groups excluding carboxylic acids is 3. The van der Waals surface area contributed by atoms with Crippen molar-refractivity contribution < 1.29 is 23.9 Å². The molecule has 0 radical (unpaired) electrons. The molecule has 134 valence electrons. The summed E-state index contributed by atoms with van der Waals surface area (Å²) in [6.45, 7) is 11.1. The molecule has 2 amide bonds. The van der Waals surface area contributed by atoms with Crippen molar-refractivity contribution in [2.24, 2.45) is 0 Å². The summed E-state index contributed by atoms with van der Waals surface area (Å²) in [5.74, 6) is 0. The molecule has 7 nitrogen and oxygen atoms in total. The van der Waals surface area contributed by atoms with Gasteiger partial charge in [-0.1, -0.05) is 0 Å². The Morgan fingerprint density at radius 2 is 1.48 bits per heavy atom. The molecule has 23 heavy (non-hydrogen) atoms. The van der Waals surface area contributed by atoms with Gasteiger partial charge in [0.1, 0.15) is 17.5 Å². The van der Waals surface area contributed by atoms with Crippen molar-refractivity contribution >= 4 is 18.5 Å². The van der Waals surface area contributed by atoms with Crippen LogP contribution in [0.25, 0.3) is 0 Å². The number of ether oxygens (including phenoxy) is 2. The minimum absolute atomic E-state index is 0.451. The summed E-state index contributed by atoms with van der Waals surface area (Å²) < 4.78 is 10.2. The summed E-state index contributed by atoms with van der Waals surface area (Å²) in [5, 5.41) is 5.15. The summed E-state index contributed by atoms with van der Waals surface area (Å²) in [6, 6.07) is -0.591. The van der Waals surface area contributed by atoms with Crippen LogP contribution < -0.4 is 10.6 Å². The lowest BCUT2D eigenvalue weighted by atomic mass is 10.1. The highest BCUT2D eigenvalue weighted by molar-refractivity contribution is 5.73. The number of hydrogen-bond acceptors (Lipinski definition) is 5. The Labute approximate surface area is 138 Å². The van der Waals surface area contributed by atoms with E-state index in [1.54, 1.807) is 41.5 Å². The average Bonchev–Trinajstić information content (AvgIpc) is 2.32. The van der Waals surface area contributed by atoms with Gasteiger partial charge in [-0.2, -0.15) is 0 Å². The Hall–Kier alpha value is -1.79. The lowest BCUT2D eigenvalue weighted by Gasteiger charge is -2.21. The van der Waals surface area contributed by atoms with E-state index in [1.807, 2.05) is 0 Å². The van der Waals surface area contributed by atoms with Gasteiger partial charge in [0, 0.05) is 6.54 Å². The number of unbranched alkanes of at least 4 members (excludes halogenated alkanes) is 1. The first-order valence-electron chi connectivity index (χ1n) is 7.84. The molecule has 2 N–H and O–H groups in total. The first-order chi connectivity index (χ1) is 10.4. The maximum absolute atomic E-state index is 11.6. The molecule has 0 aliphatic carbocycles. The van der Waals surface area contributed by atoms with Crippen molar-refractivity contribution in [3.05, 3.63) is 0 Å². The molecule has 0 aromatic rings. The number of amides is 2. The van der Waals surface area contributed by atoms with Gasteiger partial charge in [-0.05, 0) is 60.8 Å². The van der Waals surface area contributed by atoms with Crippen LogP contribution in [-0.2, 0) is 14.3 Å². The number of alkyl carbamates (subject to hydrolysis) is 2. The van der Waals surface area contributed by atoms with Gasteiger partial charge in [-0.15, -0.1) is 0 Å². The van der Waals surface area contributed by atoms with Crippen molar-refractivity contribution in [2.75, 3.05) is 6.54 Å². The normalized spacial score (nSPS) is 13.0. The van der Waals surface area contributed by atoms with E-state index in [0.29, 0.717) is 32.1 Å². The van der Waals surface area contributed by atoms with Crippen LogP contribution in [0, 0.1) is 0 Å². The maximum Gasteiger partial charge on any atom is 0.408 e. The molecule has 0 saturated carbocycles. The van der Waals surface area contributed by atoms with Crippen LogP contribution in [-0.4, -0.2) is 42.3 Å². The van der Waals surface area contributed by atoms with Gasteiger partial charge in [-0.3, -0.25) is 0 Å². The SMILES string of the molecule is CC(C)(C)OC(=O)NCCCC[C@@H](C=O)NC(=O)OC(C)(C)C. The first kappa shape index (κ1) is 21.2. The van der Waals surface area contributed by atoms with Gasteiger partial charge in [-0.25, -0.2) is 9.59 Å². The summed E-state index contributed by atoms with van der Waals surface area (Å²) in [4.78, 5) is 34.0. The van der Waals surface area contributed by atoms with Crippen LogP contribution in [0.2, 0.25) is 0 Å². The third-order valence-electron chi connectivity index (χ3n) is 2.48. The van der Waals surface area contributed by atoms with E-state index in [4.69, 9.17) is 9.47 Å². The first-order valence-corrected chi connectivity index (χ1v) is 7.84. The van der Waals surface area contributed by atoms with Crippen LogP contribution in [0.3, 0.4) is 0 Å². The number of hydrogen-bond donors (Lipinski definition) is 2. The molecule has 0 heterocycles. The molecule has 7 heteroatoms. The Balaban J connectivity index is 3.90. The van der Waals surface area contributed by atoms with E-state index in [9.17, 15) is 14.4 Å². The number of nitrogens with one attached hydrogen (secondary N) is 2. The standard InChI is InChI=1S/C16H30N2O5/c1-15(2,3)22-13(20)17-10-8-7-9-12(11-19)18-14(21)23-16(4,5)6/h11-12H,7-10H2,1-6H3,(H,17,20)(H,18,21)/t12-/m0/s1. The van der Waals surface area contributed by atoms with Gasteiger partial charge < -0.3 is 24.9 Å². The van der Waals surface area contributed by atoms with Crippen molar-refractivity contribution in [1.82, 2.24) is 10.6 Å². The van der Waals surface area contributed by atoms with Crippen molar-refractivity contribution in [1.29, 1.82) is 0 Å². The molecule has 0 aliphatic heterocycles. The van der Waals surface area contributed by atoms with Gasteiger partial charge in [0.25, 0.3) is 0 Å². The number of carbonyl (C=O) groups is 3. The van der Waals surface area contributed by atoms with E-state index in [-0.39, 0.29) is 0 Å². The van der Waals surface area contributed by atoms with E-state index < -0.39 is 29.4 Å². The van der Waals surface area contributed by atoms with Crippen LogP contribution in [0.4, 0.5) is 9.59 Å². The predicted octanol–water partition coefficient (Wildman–Crippen LogP) is 2.77. The van der Waals surface area contributed by atoms with Gasteiger partial charge in [0.2, 0.25) is 0 Å². The fourth-order valence-corrected chi connectivity index (χ4v) is 1.63. The molecule has 0 unspecified atom stereocenters. The van der Waals surface area contributed by atoms with E-state index in [2.05, 4.69) is 10.6 Å². The molecule has 0 aromatic heterocycles. The van der Waals surface area contributed by atoms with Gasteiger partial charge >= 0.3 is 12.2 Å². The van der Waals surface area contributed by atoms with Gasteiger partial charge in [0.05, 0.1) is 6.04 Å². The Kier molecular flexibility index (Phi) is 8.64. The highest BCUT2D eigenvalue weighted by atomic mass is 16.6. The van der Waals surface area contributed by atoms with Crippen molar-refractivity contribution in [3.63, 3.8) is 0 Å². The monoisotopic (exact) mass is 330 g/mol. The second kappa shape index (κ2) is 9.37. The second-order valence-electron chi connectivity index (χ2n) is 7.31. The molecule has 1 atom stereocenters. The van der Waals surface area contributed by atoms with Crippen molar-refractivity contribution in [2.45, 2.75) is 78.0 Å². The topological polar surface area (TPSA) is 93.7 Å². The molecule has 0 saturated heterocycles. The zero-order valence-electron chi connectivity index (χ0n) is 15.0. The maximum atomic E-state index is 11.6. The summed E-state index contributed by atoms with van der Waals surface area (Å²) in [7, 11) is 0.